The van der Waals surface area contributed by atoms with Crippen molar-refractivity contribution in [3.63, 3.8) is 0 Å². The van der Waals surface area contributed by atoms with Gasteiger partial charge >= 0.3 is 0 Å². The Hall–Kier alpha value is -1.04. The maximum absolute atomic E-state index is 2.47. The molecule has 1 aromatic carbocycles. The fourth-order valence-electron chi connectivity index (χ4n) is 4.04. The number of rotatable bonds is 0. The summed E-state index contributed by atoms with van der Waals surface area (Å²) in [5, 5.41) is 0. The highest BCUT2D eigenvalue weighted by molar-refractivity contribution is 5.56. The second-order valence-electron chi connectivity index (χ2n) is 8.66. The molecule has 0 N–H and O–H groups in total. The summed E-state index contributed by atoms with van der Waals surface area (Å²) in [4.78, 5) is 0. The fourth-order valence-corrected chi connectivity index (χ4v) is 4.04. The van der Waals surface area contributed by atoms with E-state index in [-0.39, 0.29) is 10.8 Å². The van der Waals surface area contributed by atoms with E-state index in [4.69, 9.17) is 0 Å². The van der Waals surface area contributed by atoms with Crippen LogP contribution in [0.3, 0.4) is 0 Å². The molecule has 0 spiro atoms. The van der Waals surface area contributed by atoms with Crippen LogP contribution >= 0.6 is 0 Å². The number of hydrogen-bond acceptors (Lipinski definition) is 0. The number of hydrogen-bond donors (Lipinski definition) is 0. The van der Waals surface area contributed by atoms with Crippen LogP contribution in [0.1, 0.15) is 88.5 Å². The van der Waals surface area contributed by atoms with E-state index < -0.39 is 0 Å². The summed E-state index contributed by atoms with van der Waals surface area (Å²) < 4.78 is 0. The van der Waals surface area contributed by atoms with Gasteiger partial charge in [0.1, 0.15) is 0 Å². The van der Waals surface area contributed by atoms with Gasteiger partial charge in [0, 0.05) is 11.8 Å². The average molecular weight is 268 g/mol. The van der Waals surface area contributed by atoms with Gasteiger partial charge in [-0.25, -0.2) is 0 Å². The molecule has 108 valence electrons. The molecule has 0 aromatic heterocycles. The van der Waals surface area contributed by atoms with Gasteiger partial charge in [-0.2, -0.15) is 0 Å². The maximum atomic E-state index is 2.47. The van der Waals surface area contributed by atoms with Gasteiger partial charge in [-0.1, -0.05) is 65.8 Å². The Labute approximate surface area is 124 Å². The molecule has 0 amide bonds. The van der Waals surface area contributed by atoms with Crippen LogP contribution in [0.25, 0.3) is 0 Å². The summed E-state index contributed by atoms with van der Waals surface area (Å²) in [6, 6.07) is 4.82. The van der Waals surface area contributed by atoms with Crippen molar-refractivity contribution in [2.45, 2.75) is 77.0 Å². The third kappa shape index (κ3) is 2.05. The quantitative estimate of drug-likeness (QED) is 0.521. The van der Waals surface area contributed by atoms with Crippen molar-refractivity contribution < 1.29 is 0 Å². The lowest BCUT2D eigenvalue weighted by Crippen LogP contribution is -2.28. The zero-order valence-electron chi connectivity index (χ0n) is 13.9. The Bertz CT molecular complexity index is 510. The van der Waals surface area contributed by atoms with Crippen LogP contribution in [0.5, 0.6) is 0 Å². The van der Waals surface area contributed by atoms with E-state index in [1.807, 2.05) is 0 Å². The molecule has 20 heavy (non-hydrogen) atoms. The summed E-state index contributed by atoms with van der Waals surface area (Å²) in [5.74, 6) is 1.32. The summed E-state index contributed by atoms with van der Waals surface area (Å²) in [7, 11) is 0. The van der Waals surface area contributed by atoms with Gasteiger partial charge in [0.2, 0.25) is 0 Å². The second kappa shape index (κ2) is 4.23. The SMILES string of the molecule is CC(C)(C)c1ccc(C(C)(C)C)c2c1C1C=CC2CC1. The largest absolute Gasteiger partial charge is 0.0804 e. The number of benzene rings is 1. The van der Waals surface area contributed by atoms with Crippen LogP contribution in [0.15, 0.2) is 24.3 Å². The monoisotopic (exact) mass is 268 g/mol. The van der Waals surface area contributed by atoms with Crippen LogP contribution in [-0.4, -0.2) is 0 Å². The first kappa shape index (κ1) is 13.9. The van der Waals surface area contributed by atoms with Gasteiger partial charge in [-0.15, -0.1) is 0 Å². The standard InChI is InChI=1S/C20H28/c1-19(2,3)15-11-12-16(20(4,5)6)18-14-9-7-13(8-10-14)17(15)18/h7,9,11-14H,8,10H2,1-6H3. The Morgan fingerprint density at radius 2 is 1.05 bits per heavy atom. The first-order valence-electron chi connectivity index (χ1n) is 8.05. The molecule has 0 radical (unpaired) electrons. The molecule has 0 saturated heterocycles. The molecule has 4 rings (SSSR count). The molecule has 2 unspecified atom stereocenters. The minimum Gasteiger partial charge on any atom is -0.0804 e. The summed E-state index contributed by atoms with van der Waals surface area (Å²) in [5.41, 5.74) is 6.96. The Morgan fingerprint density at radius 3 is 1.30 bits per heavy atom. The first-order chi connectivity index (χ1) is 9.19. The van der Waals surface area contributed by atoms with Gasteiger partial charge in [-0.05, 0) is 45.9 Å². The van der Waals surface area contributed by atoms with Crippen molar-refractivity contribution in [3.05, 3.63) is 46.5 Å². The van der Waals surface area contributed by atoms with Crippen LogP contribution in [0.4, 0.5) is 0 Å². The van der Waals surface area contributed by atoms with Crippen molar-refractivity contribution in [3.8, 4) is 0 Å². The van der Waals surface area contributed by atoms with Gasteiger partial charge in [-0.3, -0.25) is 0 Å². The highest BCUT2D eigenvalue weighted by Gasteiger charge is 2.37. The maximum Gasteiger partial charge on any atom is 0.00245 e. The molecule has 3 aliphatic carbocycles. The highest BCUT2D eigenvalue weighted by Crippen LogP contribution is 2.51. The van der Waals surface area contributed by atoms with Crippen LogP contribution < -0.4 is 0 Å². The fraction of sp³-hybridized carbons (Fsp3) is 0.600. The predicted molar refractivity (Wildman–Crippen MR) is 87.7 cm³/mol. The highest BCUT2D eigenvalue weighted by atomic mass is 14.4. The molecular formula is C20H28. The van der Waals surface area contributed by atoms with Crippen molar-refractivity contribution >= 4 is 0 Å². The Kier molecular flexibility index (Phi) is 2.94. The van der Waals surface area contributed by atoms with Crippen LogP contribution in [0.2, 0.25) is 0 Å². The van der Waals surface area contributed by atoms with E-state index in [0.717, 1.165) is 0 Å². The number of fused-ring (bicyclic) bond motifs is 1. The zero-order valence-corrected chi connectivity index (χ0v) is 13.9. The lowest BCUT2D eigenvalue weighted by molar-refractivity contribution is 0.497. The van der Waals surface area contributed by atoms with Crippen LogP contribution in [-0.2, 0) is 10.8 Å². The molecule has 0 heteroatoms. The lowest BCUT2D eigenvalue weighted by atomic mass is 9.63. The van der Waals surface area contributed by atoms with E-state index in [2.05, 4.69) is 65.8 Å². The summed E-state index contributed by atoms with van der Waals surface area (Å²) in [6.45, 7) is 14.1. The first-order valence-corrected chi connectivity index (χ1v) is 8.05. The molecule has 1 aromatic rings. The van der Waals surface area contributed by atoms with E-state index in [1.54, 1.807) is 22.3 Å². The molecule has 2 bridgehead atoms. The van der Waals surface area contributed by atoms with E-state index >= 15 is 0 Å². The molecule has 0 saturated carbocycles. The second-order valence-corrected chi connectivity index (χ2v) is 8.66. The van der Waals surface area contributed by atoms with Crippen molar-refractivity contribution in [1.82, 2.24) is 0 Å². The van der Waals surface area contributed by atoms with Gasteiger partial charge in [0.05, 0.1) is 0 Å². The van der Waals surface area contributed by atoms with Gasteiger partial charge in [0.15, 0.2) is 0 Å². The van der Waals surface area contributed by atoms with Gasteiger partial charge < -0.3 is 0 Å². The van der Waals surface area contributed by atoms with Crippen molar-refractivity contribution in [2.24, 2.45) is 0 Å². The van der Waals surface area contributed by atoms with Crippen molar-refractivity contribution in [1.29, 1.82) is 0 Å². The smallest absolute Gasteiger partial charge is 0.00245 e. The molecule has 3 aliphatic rings. The lowest BCUT2D eigenvalue weighted by Gasteiger charge is -2.41. The number of allylic oxidation sites excluding steroid dienone is 2. The average Bonchev–Trinajstić information content (AvgIpc) is 2.36. The molecule has 2 atom stereocenters. The minimum atomic E-state index is 0.242. The molecule has 0 fully saturated rings. The summed E-state index contributed by atoms with van der Waals surface area (Å²) >= 11 is 0. The van der Waals surface area contributed by atoms with Crippen molar-refractivity contribution in [2.75, 3.05) is 0 Å². The van der Waals surface area contributed by atoms with Gasteiger partial charge in [0.25, 0.3) is 0 Å². The third-order valence-corrected chi connectivity index (χ3v) is 5.01. The van der Waals surface area contributed by atoms with E-state index in [1.165, 1.54) is 12.8 Å². The molecule has 0 nitrogen and oxygen atoms in total. The molecular weight excluding hydrogens is 240 g/mol. The molecule has 0 heterocycles. The minimum absolute atomic E-state index is 0.242. The van der Waals surface area contributed by atoms with E-state index in [9.17, 15) is 0 Å². The zero-order chi connectivity index (χ0) is 14.7. The topological polar surface area (TPSA) is 0 Å². The Balaban J connectivity index is 2.30. The molecule has 0 aliphatic heterocycles. The van der Waals surface area contributed by atoms with Crippen LogP contribution in [0, 0.1) is 0 Å². The normalized spacial score (nSPS) is 24.9. The predicted octanol–water partition coefficient (Wildman–Crippen LogP) is 5.81. The summed E-state index contributed by atoms with van der Waals surface area (Å²) in [6.07, 6.45) is 7.62. The third-order valence-electron chi connectivity index (χ3n) is 5.01. The van der Waals surface area contributed by atoms with E-state index in [0.29, 0.717) is 11.8 Å². The Morgan fingerprint density at radius 1 is 0.700 bits per heavy atom.